The normalized spacial score (nSPS) is 30.9. The van der Waals surface area contributed by atoms with Crippen molar-refractivity contribution in [3.8, 4) is 0 Å². The summed E-state index contributed by atoms with van der Waals surface area (Å²) in [6.07, 6.45) is 4.74. The lowest BCUT2D eigenvalue weighted by atomic mass is 9.79. The molecular formula is C11H19NO3. The van der Waals surface area contributed by atoms with E-state index in [4.69, 9.17) is 9.57 Å². The Labute approximate surface area is 90.5 Å². The van der Waals surface area contributed by atoms with Crippen LogP contribution in [0, 0.1) is 11.8 Å². The maximum Gasteiger partial charge on any atom is 0.433 e. The molecule has 0 aromatic rings. The monoisotopic (exact) mass is 213 g/mol. The Morgan fingerprint density at radius 2 is 2.13 bits per heavy atom. The quantitative estimate of drug-likeness (QED) is 0.670. The fourth-order valence-corrected chi connectivity index (χ4v) is 2.52. The van der Waals surface area contributed by atoms with E-state index in [-0.39, 0.29) is 6.09 Å². The van der Waals surface area contributed by atoms with Gasteiger partial charge < -0.3 is 4.74 Å². The average Bonchev–Trinajstić information content (AvgIpc) is 2.29. The molecule has 0 aromatic carbocycles. The molecule has 0 radical (unpaired) electrons. The van der Waals surface area contributed by atoms with Crippen LogP contribution in [0.2, 0.25) is 0 Å². The van der Waals surface area contributed by atoms with Crippen LogP contribution in [-0.2, 0) is 9.57 Å². The predicted octanol–water partition coefficient (Wildman–Crippen LogP) is 2.20. The molecule has 0 spiro atoms. The standard InChI is InChI=1S/C11H19NO3/c1-2-14-11(13)12-7-9-5-3-4-6-10(9)8-15-12/h9-10H,2-8H2,1H3. The molecule has 1 saturated carbocycles. The number of amides is 1. The molecule has 2 rings (SSSR count). The number of rotatable bonds is 1. The van der Waals surface area contributed by atoms with Crippen molar-refractivity contribution in [3.05, 3.63) is 0 Å². The van der Waals surface area contributed by atoms with E-state index in [0.717, 1.165) is 0 Å². The van der Waals surface area contributed by atoms with Gasteiger partial charge in [-0.1, -0.05) is 12.8 Å². The molecule has 1 saturated heterocycles. The van der Waals surface area contributed by atoms with Crippen molar-refractivity contribution in [2.75, 3.05) is 19.8 Å². The number of hydrogen-bond acceptors (Lipinski definition) is 3. The van der Waals surface area contributed by atoms with Crippen molar-refractivity contribution < 1.29 is 14.4 Å². The third-order valence-corrected chi connectivity index (χ3v) is 3.38. The summed E-state index contributed by atoms with van der Waals surface area (Å²) in [7, 11) is 0. The van der Waals surface area contributed by atoms with Crippen LogP contribution in [0.1, 0.15) is 32.6 Å². The molecule has 4 heteroatoms. The third kappa shape index (κ3) is 2.43. The van der Waals surface area contributed by atoms with Gasteiger partial charge in [-0.3, -0.25) is 4.84 Å². The summed E-state index contributed by atoms with van der Waals surface area (Å²) in [6, 6.07) is 0. The van der Waals surface area contributed by atoms with Crippen molar-refractivity contribution in [2.24, 2.45) is 11.8 Å². The minimum atomic E-state index is -0.332. The van der Waals surface area contributed by atoms with Crippen LogP contribution in [0.25, 0.3) is 0 Å². The highest BCUT2D eigenvalue weighted by molar-refractivity contribution is 5.66. The van der Waals surface area contributed by atoms with Crippen molar-refractivity contribution >= 4 is 6.09 Å². The van der Waals surface area contributed by atoms with Crippen molar-refractivity contribution in [3.63, 3.8) is 0 Å². The first-order valence-electron chi connectivity index (χ1n) is 5.88. The summed E-state index contributed by atoms with van der Waals surface area (Å²) in [5.74, 6) is 1.28. The zero-order valence-electron chi connectivity index (χ0n) is 9.28. The van der Waals surface area contributed by atoms with E-state index in [9.17, 15) is 4.79 Å². The van der Waals surface area contributed by atoms with Gasteiger partial charge in [0.25, 0.3) is 0 Å². The third-order valence-electron chi connectivity index (χ3n) is 3.38. The fraction of sp³-hybridized carbons (Fsp3) is 0.909. The fourth-order valence-electron chi connectivity index (χ4n) is 2.52. The molecule has 1 amide bonds. The van der Waals surface area contributed by atoms with Crippen LogP contribution < -0.4 is 0 Å². The van der Waals surface area contributed by atoms with E-state index in [0.29, 0.717) is 31.6 Å². The maximum absolute atomic E-state index is 11.5. The molecule has 2 atom stereocenters. The molecule has 15 heavy (non-hydrogen) atoms. The van der Waals surface area contributed by atoms with Gasteiger partial charge in [-0.15, -0.1) is 0 Å². The number of carbonyl (C=O) groups is 1. The molecule has 86 valence electrons. The number of carbonyl (C=O) groups excluding carboxylic acids is 1. The Morgan fingerprint density at radius 1 is 1.40 bits per heavy atom. The molecule has 1 aliphatic carbocycles. The van der Waals surface area contributed by atoms with Crippen LogP contribution >= 0.6 is 0 Å². The molecule has 1 heterocycles. The summed E-state index contributed by atoms with van der Waals surface area (Å²) < 4.78 is 4.92. The van der Waals surface area contributed by atoms with Crippen LogP contribution in [-0.4, -0.2) is 30.9 Å². The van der Waals surface area contributed by atoms with Crippen LogP contribution in [0.15, 0.2) is 0 Å². The van der Waals surface area contributed by atoms with Crippen LogP contribution in [0.5, 0.6) is 0 Å². The molecule has 0 N–H and O–H groups in total. The second kappa shape index (κ2) is 4.84. The molecule has 2 fully saturated rings. The van der Waals surface area contributed by atoms with E-state index in [1.165, 1.54) is 30.7 Å². The largest absolute Gasteiger partial charge is 0.448 e. The Morgan fingerprint density at radius 3 is 2.87 bits per heavy atom. The lowest BCUT2D eigenvalue weighted by molar-refractivity contribution is -0.195. The SMILES string of the molecule is CCOC(=O)N1CC2CCCCC2CO1. The smallest absolute Gasteiger partial charge is 0.433 e. The van der Waals surface area contributed by atoms with Gasteiger partial charge in [0.2, 0.25) is 0 Å². The van der Waals surface area contributed by atoms with Gasteiger partial charge in [0, 0.05) is 0 Å². The maximum atomic E-state index is 11.5. The van der Waals surface area contributed by atoms with Crippen LogP contribution in [0.3, 0.4) is 0 Å². The Balaban J connectivity index is 1.87. The number of ether oxygens (including phenoxy) is 1. The summed E-state index contributed by atoms with van der Waals surface area (Å²) in [6.45, 7) is 3.62. The van der Waals surface area contributed by atoms with E-state index >= 15 is 0 Å². The van der Waals surface area contributed by atoms with Gasteiger partial charge >= 0.3 is 6.09 Å². The summed E-state index contributed by atoms with van der Waals surface area (Å²) in [5, 5.41) is 1.40. The van der Waals surface area contributed by atoms with Crippen molar-refractivity contribution in [1.29, 1.82) is 0 Å². The average molecular weight is 213 g/mol. The Kier molecular flexibility index (Phi) is 3.46. The number of hydroxylamine groups is 2. The second-order valence-electron chi connectivity index (χ2n) is 4.36. The topological polar surface area (TPSA) is 38.8 Å². The molecule has 1 aliphatic heterocycles. The van der Waals surface area contributed by atoms with Crippen LogP contribution in [0.4, 0.5) is 4.79 Å². The van der Waals surface area contributed by atoms with Gasteiger partial charge in [-0.05, 0) is 31.6 Å². The van der Waals surface area contributed by atoms with Crippen molar-refractivity contribution in [2.45, 2.75) is 32.6 Å². The molecular weight excluding hydrogens is 194 g/mol. The lowest BCUT2D eigenvalue weighted by Crippen LogP contribution is -2.46. The Hall–Kier alpha value is -0.770. The van der Waals surface area contributed by atoms with E-state index in [2.05, 4.69) is 0 Å². The first-order chi connectivity index (χ1) is 7.31. The first-order valence-corrected chi connectivity index (χ1v) is 5.88. The highest BCUT2D eigenvalue weighted by Gasteiger charge is 2.34. The first kappa shape index (κ1) is 10.7. The lowest BCUT2D eigenvalue weighted by Gasteiger charge is -2.39. The Bertz CT molecular complexity index is 232. The van der Waals surface area contributed by atoms with E-state index in [1.54, 1.807) is 0 Å². The zero-order chi connectivity index (χ0) is 10.7. The minimum Gasteiger partial charge on any atom is -0.448 e. The molecule has 2 aliphatic rings. The summed E-state index contributed by atoms with van der Waals surface area (Å²) in [5.41, 5.74) is 0. The summed E-state index contributed by atoms with van der Waals surface area (Å²) >= 11 is 0. The number of hydrogen-bond donors (Lipinski definition) is 0. The molecule has 0 bridgehead atoms. The van der Waals surface area contributed by atoms with E-state index < -0.39 is 0 Å². The minimum absolute atomic E-state index is 0.332. The second-order valence-corrected chi connectivity index (χ2v) is 4.36. The molecule has 0 aromatic heterocycles. The molecule has 4 nitrogen and oxygen atoms in total. The van der Waals surface area contributed by atoms with Gasteiger partial charge in [0.15, 0.2) is 0 Å². The van der Waals surface area contributed by atoms with E-state index in [1.807, 2.05) is 6.92 Å². The highest BCUT2D eigenvalue weighted by atomic mass is 16.7. The van der Waals surface area contributed by atoms with Gasteiger partial charge in [0.05, 0.1) is 19.8 Å². The highest BCUT2D eigenvalue weighted by Crippen LogP contribution is 2.34. The predicted molar refractivity (Wildman–Crippen MR) is 55.1 cm³/mol. The zero-order valence-corrected chi connectivity index (χ0v) is 9.28. The summed E-state index contributed by atoms with van der Waals surface area (Å²) in [4.78, 5) is 16.9. The number of nitrogens with zero attached hydrogens (tertiary/aromatic N) is 1. The van der Waals surface area contributed by atoms with Gasteiger partial charge in [-0.2, -0.15) is 5.06 Å². The number of fused-ring (bicyclic) bond motifs is 1. The molecule has 2 unspecified atom stereocenters. The van der Waals surface area contributed by atoms with Gasteiger partial charge in [0.1, 0.15) is 0 Å². The van der Waals surface area contributed by atoms with Crippen molar-refractivity contribution in [1.82, 2.24) is 5.06 Å². The van der Waals surface area contributed by atoms with Gasteiger partial charge in [-0.25, -0.2) is 4.79 Å².